The molecular formula is C17H25N3O. The lowest BCUT2D eigenvalue weighted by Crippen LogP contribution is -2.17. The van der Waals surface area contributed by atoms with E-state index >= 15 is 0 Å². The summed E-state index contributed by atoms with van der Waals surface area (Å²) in [6, 6.07) is 11.0. The fraction of sp³-hybridized carbons (Fsp3) is 0.471. The maximum atomic E-state index is 5.26. The Bertz CT molecular complexity index is 550. The third-order valence-corrected chi connectivity index (χ3v) is 3.65. The van der Waals surface area contributed by atoms with Gasteiger partial charge in [-0.1, -0.05) is 37.3 Å². The molecule has 0 amide bonds. The minimum absolute atomic E-state index is 0.256. The molecule has 0 aliphatic carbocycles. The van der Waals surface area contributed by atoms with Gasteiger partial charge in [0.25, 0.3) is 0 Å². The van der Waals surface area contributed by atoms with Crippen LogP contribution in [0.4, 0.5) is 5.95 Å². The second kappa shape index (κ2) is 7.27. The molecule has 2 aromatic rings. The molecule has 0 bridgehead atoms. The Labute approximate surface area is 127 Å². The molecule has 0 saturated heterocycles. The highest BCUT2D eigenvalue weighted by Crippen LogP contribution is 2.24. The number of hydrogen-bond donors (Lipinski definition) is 1. The largest absolute Gasteiger partial charge is 0.383 e. The van der Waals surface area contributed by atoms with Crippen LogP contribution in [0.15, 0.2) is 36.5 Å². The topological polar surface area (TPSA) is 39.1 Å². The molecule has 114 valence electrons. The van der Waals surface area contributed by atoms with Gasteiger partial charge in [0.05, 0.1) is 24.4 Å². The molecule has 1 aromatic carbocycles. The molecule has 2 unspecified atom stereocenters. The van der Waals surface area contributed by atoms with E-state index in [1.54, 1.807) is 7.11 Å². The van der Waals surface area contributed by atoms with Gasteiger partial charge in [0.15, 0.2) is 0 Å². The van der Waals surface area contributed by atoms with Crippen LogP contribution in [0, 0.1) is 6.92 Å². The van der Waals surface area contributed by atoms with E-state index in [2.05, 4.69) is 59.2 Å². The van der Waals surface area contributed by atoms with E-state index in [0.717, 1.165) is 18.1 Å². The first-order valence-corrected chi connectivity index (χ1v) is 7.51. The molecule has 1 aromatic heterocycles. The van der Waals surface area contributed by atoms with Crippen LogP contribution in [0.3, 0.4) is 0 Å². The van der Waals surface area contributed by atoms with Gasteiger partial charge in [-0.05, 0) is 25.8 Å². The highest BCUT2D eigenvalue weighted by atomic mass is 16.5. The Morgan fingerprint density at radius 2 is 2.00 bits per heavy atom. The quantitative estimate of drug-likeness (QED) is 0.837. The van der Waals surface area contributed by atoms with Crippen molar-refractivity contribution in [2.45, 2.75) is 39.3 Å². The fourth-order valence-electron chi connectivity index (χ4n) is 2.54. The number of imidazole rings is 1. The number of ether oxygens (including phenoxy) is 1. The highest BCUT2D eigenvalue weighted by molar-refractivity contribution is 5.35. The molecule has 1 N–H and O–H groups in total. The summed E-state index contributed by atoms with van der Waals surface area (Å²) in [5.74, 6) is 0.910. The maximum Gasteiger partial charge on any atom is 0.203 e. The van der Waals surface area contributed by atoms with Crippen LogP contribution in [0.1, 0.15) is 43.6 Å². The summed E-state index contributed by atoms with van der Waals surface area (Å²) in [4.78, 5) is 4.62. The summed E-state index contributed by atoms with van der Waals surface area (Å²) >= 11 is 0. The zero-order valence-electron chi connectivity index (χ0n) is 13.3. The summed E-state index contributed by atoms with van der Waals surface area (Å²) in [6.45, 7) is 7.01. The van der Waals surface area contributed by atoms with Gasteiger partial charge in [-0.2, -0.15) is 0 Å². The lowest BCUT2D eigenvalue weighted by Gasteiger charge is -2.21. The van der Waals surface area contributed by atoms with Crippen molar-refractivity contribution in [3.63, 3.8) is 0 Å². The van der Waals surface area contributed by atoms with E-state index in [-0.39, 0.29) is 12.1 Å². The summed E-state index contributed by atoms with van der Waals surface area (Å²) in [5, 5.41) is 3.57. The predicted molar refractivity (Wildman–Crippen MR) is 86.6 cm³/mol. The van der Waals surface area contributed by atoms with E-state index in [4.69, 9.17) is 4.74 Å². The van der Waals surface area contributed by atoms with Gasteiger partial charge in [0, 0.05) is 13.3 Å². The minimum atomic E-state index is 0.256. The van der Waals surface area contributed by atoms with Gasteiger partial charge in [-0.15, -0.1) is 0 Å². The number of aromatic nitrogens is 2. The molecule has 4 nitrogen and oxygen atoms in total. The number of hydrogen-bond acceptors (Lipinski definition) is 3. The number of aryl methyl sites for hydroxylation is 1. The van der Waals surface area contributed by atoms with Crippen molar-refractivity contribution in [3.8, 4) is 0 Å². The van der Waals surface area contributed by atoms with Crippen molar-refractivity contribution in [3.05, 3.63) is 47.8 Å². The van der Waals surface area contributed by atoms with Crippen molar-refractivity contribution >= 4 is 5.95 Å². The highest BCUT2D eigenvalue weighted by Gasteiger charge is 2.16. The zero-order valence-corrected chi connectivity index (χ0v) is 13.3. The molecular weight excluding hydrogens is 262 g/mol. The van der Waals surface area contributed by atoms with Gasteiger partial charge in [-0.3, -0.25) is 0 Å². The van der Waals surface area contributed by atoms with E-state index < -0.39 is 0 Å². The molecule has 4 heteroatoms. The molecule has 1 heterocycles. The summed E-state index contributed by atoms with van der Waals surface area (Å²) in [5.41, 5.74) is 2.30. The molecule has 2 atom stereocenters. The number of nitrogens with zero attached hydrogens (tertiary/aromatic N) is 2. The maximum absolute atomic E-state index is 5.26. The van der Waals surface area contributed by atoms with Crippen molar-refractivity contribution in [2.75, 3.05) is 19.0 Å². The molecule has 0 spiro atoms. The summed E-state index contributed by atoms with van der Waals surface area (Å²) in [6.07, 6.45) is 3.08. The molecule has 0 aliphatic heterocycles. The number of benzene rings is 1. The second-order valence-corrected chi connectivity index (χ2v) is 5.43. The Balaban J connectivity index is 2.21. The third-order valence-electron chi connectivity index (χ3n) is 3.65. The van der Waals surface area contributed by atoms with Crippen LogP contribution in [0.2, 0.25) is 0 Å². The molecule has 0 fully saturated rings. The van der Waals surface area contributed by atoms with Crippen LogP contribution < -0.4 is 5.32 Å². The summed E-state index contributed by atoms with van der Waals surface area (Å²) < 4.78 is 7.42. The normalized spacial score (nSPS) is 13.9. The summed E-state index contributed by atoms with van der Waals surface area (Å²) in [7, 11) is 1.73. The van der Waals surface area contributed by atoms with Gasteiger partial charge in [-0.25, -0.2) is 4.98 Å². The molecule has 2 rings (SSSR count). The number of anilines is 1. The van der Waals surface area contributed by atoms with Crippen LogP contribution >= 0.6 is 0 Å². The van der Waals surface area contributed by atoms with E-state index in [1.165, 1.54) is 5.56 Å². The van der Waals surface area contributed by atoms with Crippen molar-refractivity contribution < 1.29 is 4.74 Å². The van der Waals surface area contributed by atoms with Crippen LogP contribution in [-0.2, 0) is 4.74 Å². The first kappa shape index (κ1) is 15.6. The van der Waals surface area contributed by atoms with Gasteiger partial charge >= 0.3 is 0 Å². The van der Waals surface area contributed by atoms with Crippen LogP contribution in [-0.4, -0.2) is 23.3 Å². The van der Waals surface area contributed by atoms with Gasteiger partial charge in [0.2, 0.25) is 5.95 Å². The SMILES string of the molecule is CCC(Nc1nc(C)cn1C(C)COC)c1ccccc1. The first-order valence-electron chi connectivity index (χ1n) is 7.51. The standard InChI is InChI=1S/C17H25N3O/c1-5-16(15-9-7-6-8-10-15)19-17-18-13(2)11-20(17)14(3)12-21-4/h6-11,14,16H,5,12H2,1-4H3,(H,18,19). The van der Waals surface area contributed by atoms with Crippen LogP contribution in [0.5, 0.6) is 0 Å². The molecule has 0 saturated carbocycles. The fourth-order valence-corrected chi connectivity index (χ4v) is 2.54. The Morgan fingerprint density at radius 1 is 1.29 bits per heavy atom. The van der Waals surface area contributed by atoms with Crippen molar-refractivity contribution in [2.24, 2.45) is 0 Å². The monoisotopic (exact) mass is 287 g/mol. The van der Waals surface area contributed by atoms with E-state index in [0.29, 0.717) is 6.61 Å². The Hall–Kier alpha value is -1.81. The molecule has 0 radical (unpaired) electrons. The minimum Gasteiger partial charge on any atom is -0.383 e. The average Bonchev–Trinajstić information content (AvgIpc) is 2.87. The van der Waals surface area contributed by atoms with E-state index in [1.807, 2.05) is 13.0 Å². The van der Waals surface area contributed by atoms with Crippen LogP contribution in [0.25, 0.3) is 0 Å². The van der Waals surface area contributed by atoms with E-state index in [9.17, 15) is 0 Å². The smallest absolute Gasteiger partial charge is 0.203 e. The molecule has 0 aliphatic rings. The predicted octanol–water partition coefficient (Wildman–Crippen LogP) is 3.96. The lowest BCUT2D eigenvalue weighted by atomic mass is 10.1. The lowest BCUT2D eigenvalue weighted by molar-refractivity contribution is 0.163. The first-order chi connectivity index (χ1) is 10.2. The Morgan fingerprint density at radius 3 is 2.62 bits per heavy atom. The van der Waals surface area contributed by atoms with Gasteiger partial charge < -0.3 is 14.6 Å². The number of methoxy groups -OCH3 is 1. The number of rotatable bonds is 7. The zero-order chi connectivity index (χ0) is 15.2. The second-order valence-electron chi connectivity index (χ2n) is 5.43. The average molecular weight is 287 g/mol. The van der Waals surface area contributed by atoms with Gasteiger partial charge in [0.1, 0.15) is 0 Å². The van der Waals surface area contributed by atoms with Crippen molar-refractivity contribution in [1.29, 1.82) is 0 Å². The third kappa shape index (κ3) is 3.85. The Kier molecular flexibility index (Phi) is 5.39. The number of nitrogens with one attached hydrogen (secondary N) is 1. The van der Waals surface area contributed by atoms with Crippen molar-refractivity contribution in [1.82, 2.24) is 9.55 Å². The molecule has 21 heavy (non-hydrogen) atoms.